The summed E-state index contributed by atoms with van der Waals surface area (Å²) in [6.45, 7) is 1.93. The van der Waals surface area contributed by atoms with E-state index in [0.29, 0.717) is 0 Å². The Labute approximate surface area is 103 Å². The van der Waals surface area contributed by atoms with Crippen LogP contribution in [0.25, 0.3) is 0 Å². The number of rotatable bonds is 3. The lowest BCUT2D eigenvalue weighted by Crippen LogP contribution is -1.98. The summed E-state index contributed by atoms with van der Waals surface area (Å²) in [5.74, 6) is 0.726. The molecule has 0 bridgehead atoms. The molecule has 5 heteroatoms. The van der Waals surface area contributed by atoms with Gasteiger partial charge in [-0.05, 0) is 31.2 Å². The highest BCUT2D eigenvalue weighted by molar-refractivity contribution is 7.18. The van der Waals surface area contributed by atoms with Crippen molar-refractivity contribution >= 4 is 34.5 Å². The molecule has 0 spiro atoms. The Bertz CT molecular complexity index is 493. The van der Waals surface area contributed by atoms with Gasteiger partial charge in [0.1, 0.15) is 5.82 Å². The van der Waals surface area contributed by atoms with Crippen LogP contribution in [0, 0.1) is 0 Å². The summed E-state index contributed by atoms with van der Waals surface area (Å²) < 4.78 is 0.766. The fourth-order valence-electron chi connectivity index (χ4n) is 1.13. The fourth-order valence-corrected chi connectivity index (χ4v) is 2.12. The van der Waals surface area contributed by atoms with Crippen molar-refractivity contribution in [1.82, 2.24) is 4.98 Å². The number of nitrogens with one attached hydrogen (secondary N) is 1. The van der Waals surface area contributed by atoms with Crippen LogP contribution in [0.15, 0.2) is 41.6 Å². The summed E-state index contributed by atoms with van der Waals surface area (Å²) in [7, 11) is 0. The lowest BCUT2D eigenvalue weighted by atomic mass is 10.3. The van der Waals surface area contributed by atoms with Crippen molar-refractivity contribution in [2.75, 3.05) is 5.43 Å². The minimum atomic E-state index is 0.726. The molecular weight excluding hydrogens is 242 g/mol. The van der Waals surface area contributed by atoms with Crippen molar-refractivity contribution in [2.24, 2.45) is 5.10 Å². The molecule has 2 aromatic rings. The molecule has 0 fully saturated rings. The molecule has 16 heavy (non-hydrogen) atoms. The number of hydrogen-bond acceptors (Lipinski definition) is 4. The van der Waals surface area contributed by atoms with E-state index in [1.165, 1.54) is 11.3 Å². The number of aromatic nitrogens is 1. The van der Waals surface area contributed by atoms with Crippen molar-refractivity contribution in [1.29, 1.82) is 0 Å². The molecule has 0 radical (unpaired) electrons. The Morgan fingerprint density at radius 2 is 2.25 bits per heavy atom. The smallest absolute Gasteiger partial charge is 0.146 e. The molecule has 0 unspecified atom stereocenters. The molecule has 2 rings (SSSR count). The lowest BCUT2D eigenvalue weighted by Gasteiger charge is -1.99. The zero-order valence-electron chi connectivity index (χ0n) is 8.64. The Hall–Kier alpha value is -1.39. The molecular formula is C11H10ClN3S. The molecule has 1 N–H and O–H groups in total. The first-order chi connectivity index (χ1) is 7.75. The third-order valence-electron chi connectivity index (χ3n) is 1.93. The van der Waals surface area contributed by atoms with E-state index >= 15 is 0 Å². The maximum absolute atomic E-state index is 5.85. The quantitative estimate of drug-likeness (QED) is 0.668. The first kappa shape index (κ1) is 11.1. The van der Waals surface area contributed by atoms with Crippen molar-refractivity contribution in [3.8, 4) is 0 Å². The largest absolute Gasteiger partial charge is 0.261 e. The molecule has 2 aromatic heterocycles. The van der Waals surface area contributed by atoms with Gasteiger partial charge in [-0.25, -0.2) is 4.98 Å². The van der Waals surface area contributed by atoms with Crippen molar-refractivity contribution in [3.63, 3.8) is 0 Å². The van der Waals surface area contributed by atoms with Crippen LogP contribution in [0.4, 0.5) is 5.82 Å². The SMILES string of the molecule is C/C(=N/Nc1ccccn1)c1ccc(Cl)s1. The highest BCUT2D eigenvalue weighted by Gasteiger charge is 2.01. The zero-order chi connectivity index (χ0) is 11.4. The molecule has 0 aliphatic rings. The highest BCUT2D eigenvalue weighted by atomic mass is 35.5. The van der Waals surface area contributed by atoms with E-state index < -0.39 is 0 Å². The zero-order valence-corrected chi connectivity index (χ0v) is 10.2. The van der Waals surface area contributed by atoms with Crippen molar-refractivity contribution in [2.45, 2.75) is 6.92 Å². The standard InChI is InChI=1S/C11H10ClN3S/c1-8(9-5-6-10(12)16-9)14-15-11-4-2-3-7-13-11/h2-7H,1H3,(H,13,15)/b14-8-. The molecule has 2 heterocycles. The number of hydrogen-bond donors (Lipinski definition) is 1. The topological polar surface area (TPSA) is 37.3 Å². The first-order valence-corrected chi connectivity index (χ1v) is 5.92. The van der Waals surface area contributed by atoms with E-state index in [1.807, 2.05) is 37.3 Å². The summed E-state index contributed by atoms with van der Waals surface area (Å²) >= 11 is 7.36. The van der Waals surface area contributed by atoms with Gasteiger partial charge in [-0.2, -0.15) is 5.10 Å². The van der Waals surface area contributed by atoms with Crippen LogP contribution in [0.3, 0.4) is 0 Å². The van der Waals surface area contributed by atoms with Gasteiger partial charge in [-0.3, -0.25) is 5.43 Å². The fraction of sp³-hybridized carbons (Fsp3) is 0.0909. The van der Waals surface area contributed by atoms with Crippen LogP contribution in [0.5, 0.6) is 0 Å². The third-order valence-corrected chi connectivity index (χ3v) is 3.27. The Morgan fingerprint density at radius 3 is 2.88 bits per heavy atom. The van der Waals surface area contributed by atoms with Crippen LogP contribution < -0.4 is 5.43 Å². The summed E-state index contributed by atoms with van der Waals surface area (Å²) in [4.78, 5) is 5.16. The molecule has 0 saturated carbocycles. The third kappa shape index (κ3) is 2.81. The highest BCUT2D eigenvalue weighted by Crippen LogP contribution is 2.21. The van der Waals surface area contributed by atoms with Gasteiger partial charge in [-0.15, -0.1) is 11.3 Å². The number of halogens is 1. The van der Waals surface area contributed by atoms with Crippen LogP contribution in [-0.4, -0.2) is 10.7 Å². The predicted octanol–water partition coefficient (Wildman–Crippen LogP) is 3.63. The van der Waals surface area contributed by atoms with E-state index in [-0.39, 0.29) is 0 Å². The number of anilines is 1. The Morgan fingerprint density at radius 1 is 1.38 bits per heavy atom. The van der Waals surface area contributed by atoms with Crippen molar-refractivity contribution in [3.05, 3.63) is 45.7 Å². The Balaban J connectivity index is 2.08. The second-order valence-corrected chi connectivity index (χ2v) is 4.84. The van der Waals surface area contributed by atoms with Gasteiger partial charge in [0.15, 0.2) is 0 Å². The minimum Gasteiger partial charge on any atom is -0.261 e. The molecule has 0 aromatic carbocycles. The maximum Gasteiger partial charge on any atom is 0.146 e. The van der Waals surface area contributed by atoms with E-state index in [1.54, 1.807) is 6.20 Å². The van der Waals surface area contributed by atoms with E-state index in [9.17, 15) is 0 Å². The number of hydrazone groups is 1. The molecule has 0 atom stereocenters. The van der Waals surface area contributed by atoms with Crippen LogP contribution >= 0.6 is 22.9 Å². The van der Waals surface area contributed by atoms with Gasteiger partial charge in [0, 0.05) is 6.20 Å². The predicted molar refractivity (Wildman–Crippen MR) is 69.4 cm³/mol. The maximum atomic E-state index is 5.85. The van der Waals surface area contributed by atoms with Gasteiger partial charge in [0.05, 0.1) is 14.9 Å². The molecule has 0 aliphatic heterocycles. The molecule has 3 nitrogen and oxygen atoms in total. The summed E-state index contributed by atoms with van der Waals surface area (Å²) in [6, 6.07) is 9.44. The van der Waals surface area contributed by atoms with E-state index in [2.05, 4.69) is 15.5 Å². The second kappa shape index (κ2) is 5.09. The van der Waals surface area contributed by atoms with Gasteiger partial charge in [0.25, 0.3) is 0 Å². The second-order valence-electron chi connectivity index (χ2n) is 3.13. The average molecular weight is 252 g/mol. The van der Waals surface area contributed by atoms with Gasteiger partial charge in [-0.1, -0.05) is 17.7 Å². The monoisotopic (exact) mass is 251 g/mol. The molecule has 0 saturated heterocycles. The first-order valence-electron chi connectivity index (χ1n) is 4.73. The lowest BCUT2D eigenvalue weighted by molar-refractivity contribution is 1.22. The number of nitrogens with zero attached hydrogens (tertiary/aromatic N) is 2. The van der Waals surface area contributed by atoms with Gasteiger partial charge in [0.2, 0.25) is 0 Å². The normalized spacial score (nSPS) is 11.5. The van der Waals surface area contributed by atoms with Gasteiger partial charge >= 0.3 is 0 Å². The van der Waals surface area contributed by atoms with Crippen LogP contribution in [-0.2, 0) is 0 Å². The summed E-state index contributed by atoms with van der Waals surface area (Å²) in [6.07, 6.45) is 1.72. The van der Waals surface area contributed by atoms with E-state index in [4.69, 9.17) is 11.6 Å². The molecule has 0 amide bonds. The van der Waals surface area contributed by atoms with Crippen LogP contribution in [0.2, 0.25) is 4.34 Å². The summed E-state index contributed by atoms with van der Waals surface area (Å²) in [5.41, 5.74) is 3.78. The number of thiophene rings is 1. The van der Waals surface area contributed by atoms with E-state index in [0.717, 1.165) is 20.7 Å². The average Bonchev–Trinajstić information content (AvgIpc) is 2.74. The summed E-state index contributed by atoms with van der Waals surface area (Å²) in [5, 5.41) is 4.23. The van der Waals surface area contributed by atoms with Crippen LogP contribution in [0.1, 0.15) is 11.8 Å². The number of pyridine rings is 1. The molecule has 82 valence electrons. The Kier molecular flexibility index (Phi) is 3.54. The van der Waals surface area contributed by atoms with Crippen molar-refractivity contribution < 1.29 is 0 Å². The molecule has 0 aliphatic carbocycles. The minimum absolute atomic E-state index is 0.726. The van der Waals surface area contributed by atoms with Gasteiger partial charge < -0.3 is 0 Å².